The maximum absolute atomic E-state index is 13.5. The van der Waals surface area contributed by atoms with E-state index in [2.05, 4.69) is 36.4 Å². The van der Waals surface area contributed by atoms with Crippen LogP contribution >= 0.6 is 11.6 Å². The van der Waals surface area contributed by atoms with Gasteiger partial charge in [-0.1, -0.05) is 17.7 Å². The predicted molar refractivity (Wildman–Crippen MR) is 145 cm³/mol. The van der Waals surface area contributed by atoms with Crippen molar-refractivity contribution in [3.05, 3.63) is 75.3 Å². The van der Waals surface area contributed by atoms with Crippen LogP contribution in [-0.2, 0) is 11.3 Å². The number of pyridine rings is 1. The first-order valence-electron chi connectivity index (χ1n) is 12.9. The highest BCUT2D eigenvalue weighted by molar-refractivity contribution is 6.30. The molecule has 4 aromatic rings. The van der Waals surface area contributed by atoms with Gasteiger partial charge in [0.05, 0.1) is 19.8 Å². The van der Waals surface area contributed by atoms with Crippen LogP contribution in [0.3, 0.4) is 0 Å². The Hall–Kier alpha value is -3.47. The molecule has 38 heavy (non-hydrogen) atoms. The van der Waals surface area contributed by atoms with Crippen molar-refractivity contribution in [3.63, 3.8) is 0 Å². The van der Waals surface area contributed by atoms with E-state index in [4.69, 9.17) is 21.1 Å². The molecule has 2 saturated heterocycles. The number of hydrogen-bond donors (Lipinski definition) is 1. The lowest BCUT2D eigenvalue weighted by Crippen LogP contribution is -2.49. The van der Waals surface area contributed by atoms with Gasteiger partial charge in [-0.25, -0.2) is 4.68 Å². The first-order valence-corrected chi connectivity index (χ1v) is 13.3. The fraction of sp³-hybridized carbons (Fsp3) is 0.407. The summed E-state index contributed by atoms with van der Waals surface area (Å²) in [4.78, 5) is 21.2. The molecule has 6 rings (SSSR count). The second kappa shape index (κ2) is 10.7. The van der Waals surface area contributed by atoms with E-state index < -0.39 is 6.04 Å². The number of piperazine rings is 1. The number of anilines is 1. The van der Waals surface area contributed by atoms with Gasteiger partial charge in [-0.05, 0) is 65.7 Å². The number of aromatic amines is 1. The van der Waals surface area contributed by atoms with E-state index >= 15 is 0 Å². The highest BCUT2D eigenvalue weighted by atomic mass is 35.5. The van der Waals surface area contributed by atoms with Crippen LogP contribution < -0.4 is 15.2 Å². The summed E-state index contributed by atoms with van der Waals surface area (Å²) in [7, 11) is 1.63. The van der Waals surface area contributed by atoms with Crippen LogP contribution in [-0.4, -0.2) is 76.1 Å². The number of tetrazole rings is 1. The summed E-state index contributed by atoms with van der Waals surface area (Å²) in [5.74, 6) is 1.37. The number of nitrogens with zero attached hydrogens (tertiary/aromatic N) is 6. The maximum atomic E-state index is 13.5. The van der Waals surface area contributed by atoms with E-state index in [0.717, 1.165) is 68.0 Å². The third-order valence-corrected chi connectivity index (χ3v) is 7.67. The number of rotatable bonds is 7. The summed E-state index contributed by atoms with van der Waals surface area (Å²) in [6, 6.07) is 15.1. The van der Waals surface area contributed by atoms with E-state index in [-0.39, 0.29) is 11.7 Å². The van der Waals surface area contributed by atoms with Crippen LogP contribution in [0, 0.1) is 0 Å². The number of H-pyrrole nitrogens is 1. The van der Waals surface area contributed by atoms with Crippen LogP contribution in [0.25, 0.3) is 10.9 Å². The highest BCUT2D eigenvalue weighted by Gasteiger charge is 2.33. The first kappa shape index (κ1) is 24.8. The molecular weight excluding hydrogens is 506 g/mol. The maximum Gasteiger partial charge on any atom is 0.253 e. The van der Waals surface area contributed by atoms with E-state index in [1.807, 2.05) is 42.5 Å². The summed E-state index contributed by atoms with van der Waals surface area (Å²) in [5.41, 5.74) is 2.29. The molecule has 0 aliphatic carbocycles. The van der Waals surface area contributed by atoms with Gasteiger partial charge in [0.15, 0.2) is 5.82 Å². The lowest BCUT2D eigenvalue weighted by atomic mass is 10.0. The molecule has 2 aliphatic heterocycles. The Bertz CT molecular complexity index is 1480. The molecule has 198 valence electrons. The van der Waals surface area contributed by atoms with E-state index in [0.29, 0.717) is 23.0 Å². The van der Waals surface area contributed by atoms with Crippen molar-refractivity contribution in [2.75, 3.05) is 44.8 Å². The number of halogens is 1. The fourth-order valence-electron chi connectivity index (χ4n) is 5.46. The molecule has 0 saturated carbocycles. The second-order valence-electron chi connectivity index (χ2n) is 9.77. The average molecular weight is 536 g/mol. The minimum Gasteiger partial charge on any atom is -0.497 e. The molecule has 2 fully saturated rings. The number of aromatic nitrogens is 5. The highest BCUT2D eigenvalue weighted by Crippen LogP contribution is 2.30. The van der Waals surface area contributed by atoms with Gasteiger partial charge in [0.25, 0.3) is 5.56 Å². The standard InChI is InChI=1S/C27H30ClN7O3/c1-37-21-7-8-24-18(14-21)15-23(27(36)29-24)25(26-30-31-32-35(26)17-22-6-3-13-38-22)34-11-9-33(10-12-34)20-5-2-4-19(28)16-20/h2,4-5,7-8,14-16,22,25H,3,6,9-13,17H2,1H3,(H,29,36)/t22-,25+/m1/s1. The van der Waals surface area contributed by atoms with E-state index in [1.54, 1.807) is 11.8 Å². The molecule has 0 unspecified atom stereocenters. The first-order chi connectivity index (χ1) is 18.6. The van der Waals surface area contributed by atoms with Crippen molar-refractivity contribution < 1.29 is 9.47 Å². The van der Waals surface area contributed by atoms with Gasteiger partial charge in [0.2, 0.25) is 0 Å². The number of ether oxygens (including phenoxy) is 2. The molecule has 2 aliphatic rings. The Kier molecular flexibility index (Phi) is 7.01. The smallest absolute Gasteiger partial charge is 0.253 e. The van der Waals surface area contributed by atoms with Crippen LogP contribution in [0.1, 0.15) is 30.3 Å². The largest absolute Gasteiger partial charge is 0.497 e. The van der Waals surface area contributed by atoms with Crippen LogP contribution in [0.15, 0.2) is 53.3 Å². The monoisotopic (exact) mass is 535 g/mol. The summed E-state index contributed by atoms with van der Waals surface area (Å²) >= 11 is 6.25. The molecule has 2 aromatic heterocycles. The molecule has 10 nitrogen and oxygen atoms in total. The topological polar surface area (TPSA) is 101 Å². The molecule has 2 atom stereocenters. The van der Waals surface area contributed by atoms with Crippen LogP contribution in [0.5, 0.6) is 5.75 Å². The molecule has 1 N–H and O–H groups in total. The summed E-state index contributed by atoms with van der Waals surface area (Å²) < 4.78 is 13.1. The molecule has 0 radical (unpaired) electrons. The van der Waals surface area contributed by atoms with Crippen molar-refractivity contribution in [1.82, 2.24) is 30.1 Å². The van der Waals surface area contributed by atoms with Crippen molar-refractivity contribution in [2.45, 2.75) is 31.5 Å². The van der Waals surface area contributed by atoms with Gasteiger partial charge >= 0.3 is 0 Å². The molecule has 4 heterocycles. The normalized spacial score (nSPS) is 19.2. The Morgan fingerprint density at radius 2 is 2.03 bits per heavy atom. The minimum absolute atomic E-state index is 0.0664. The van der Waals surface area contributed by atoms with E-state index in [1.165, 1.54) is 0 Å². The molecule has 0 spiro atoms. The molecule has 0 amide bonds. The summed E-state index contributed by atoms with van der Waals surface area (Å²) in [6.07, 6.45) is 2.07. The Labute approximate surface area is 225 Å². The zero-order valence-electron chi connectivity index (χ0n) is 21.2. The average Bonchev–Trinajstić information content (AvgIpc) is 3.62. The minimum atomic E-state index is -0.424. The quantitative estimate of drug-likeness (QED) is 0.385. The molecule has 0 bridgehead atoms. The molecular formula is C27H30ClN7O3. The predicted octanol–water partition coefficient (Wildman–Crippen LogP) is 3.27. The van der Waals surface area contributed by atoms with Crippen molar-refractivity contribution in [3.8, 4) is 5.75 Å². The number of hydrogen-bond acceptors (Lipinski definition) is 8. The van der Waals surface area contributed by atoms with E-state index in [9.17, 15) is 4.79 Å². The lowest BCUT2D eigenvalue weighted by molar-refractivity contribution is 0.0906. The zero-order valence-corrected chi connectivity index (χ0v) is 22.0. The zero-order chi connectivity index (χ0) is 26.1. The van der Waals surface area contributed by atoms with Gasteiger partial charge in [-0.2, -0.15) is 0 Å². The SMILES string of the molecule is COc1ccc2[nH]c(=O)c([C@@H](c3nnnn3C[C@H]3CCCO3)N3CCN(c4cccc(Cl)c4)CC3)cc2c1. The van der Waals surface area contributed by atoms with Gasteiger partial charge in [0.1, 0.15) is 11.8 Å². The van der Waals surface area contributed by atoms with Crippen molar-refractivity contribution in [2.24, 2.45) is 0 Å². The lowest BCUT2D eigenvalue weighted by Gasteiger charge is -2.39. The van der Waals surface area contributed by atoms with Crippen LogP contribution in [0.4, 0.5) is 5.69 Å². The van der Waals surface area contributed by atoms with Gasteiger partial charge in [0, 0.05) is 60.0 Å². The summed E-state index contributed by atoms with van der Waals surface area (Å²) in [6.45, 7) is 4.32. The number of benzene rings is 2. The van der Waals surface area contributed by atoms with Crippen molar-refractivity contribution >= 4 is 28.2 Å². The van der Waals surface area contributed by atoms with Crippen molar-refractivity contribution in [1.29, 1.82) is 0 Å². The third kappa shape index (κ3) is 4.99. The molecule has 2 aromatic carbocycles. The number of methoxy groups -OCH3 is 1. The Morgan fingerprint density at radius 1 is 1.16 bits per heavy atom. The Morgan fingerprint density at radius 3 is 2.79 bits per heavy atom. The van der Waals surface area contributed by atoms with Gasteiger partial charge in [-0.15, -0.1) is 5.10 Å². The Balaban J connectivity index is 1.37. The fourth-order valence-corrected chi connectivity index (χ4v) is 5.65. The van der Waals surface area contributed by atoms with Crippen LogP contribution in [0.2, 0.25) is 5.02 Å². The third-order valence-electron chi connectivity index (χ3n) is 7.43. The van der Waals surface area contributed by atoms with Gasteiger partial charge in [-0.3, -0.25) is 9.69 Å². The number of fused-ring (bicyclic) bond motifs is 1. The number of nitrogens with one attached hydrogen (secondary N) is 1. The molecule has 11 heteroatoms. The van der Waals surface area contributed by atoms with Gasteiger partial charge < -0.3 is 19.4 Å². The summed E-state index contributed by atoms with van der Waals surface area (Å²) in [5, 5.41) is 14.4. The second-order valence-corrected chi connectivity index (χ2v) is 10.2.